The molecule has 98 valence electrons. The standard InChI is InChI=1S/C14H19NO2S/c1-10(8-15-11-6-7-11)13-9-18(16,17)14-5-3-2-4-12(13)14/h2-5,10-11,13,15H,6-9H2,1H3. The van der Waals surface area contributed by atoms with Gasteiger partial charge in [0.25, 0.3) is 0 Å². The third-order valence-corrected chi connectivity index (χ3v) is 5.89. The average molecular weight is 265 g/mol. The van der Waals surface area contributed by atoms with Crippen LogP contribution in [0.5, 0.6) is 0 Å². The van der Waals surface area contributed by atoms with Crippen molar-refractivity contribution in [2.75, 3.05) is 12.3 Å². The van der Waals surface area contributed by atoms with E-state index >= 15 is 0 Å². The predicted octanol–water partition coefficient (Wildman–Crippen LogP) is 1.95. The van der Waals surface area contributed by atoms with Crippen molar-refractivity contribution in [1.82, 2.24) is 5.32 Å². The van der Waals surface area contributed by atoms with Gasteiger partial charge < -0.3 is 5.32 Å². The molecule has 0 aromatic heterocycles. The summed E-state index contributed by atoms with van der Waals surface area (Å²) >= 11 is 0. The van der Waals surface area contributed by atoms with Gasteiger partial charge in [0.05, 0.1) is 10.6 Å². The summed E-state index contributed by atoms with van der Waals surface area (Å²) in [6, 6.07) is 8.14. The topological polar surface area (TPSA) is 46.2 Å². The molecule has 1 aromatic rings. The van der Waals surface area contributed by atoms with Crippen molar-refractivity contribution in [2.45, 2.75) is 36.6 Å². The van der Waals surface area contributed by atoms with Crippen molar-refractivity contribution in [3.63, 3.8) is 0 Å². The van der Waals surface area contributed by atoms with Gasteiger partial charge in [-0.25, -0.2) is 8.42 Å². The Morgan fingerprint density at radius 1 is 1.33 bits per heavy atom. The van der Waals surface area contributed by atoms with E-state index in [1.807, 2.05) is 18.2 Å². The van der Waals surface area contributed by atoms with Gasteiger partial charge in [0.15, 0.2) is 9.84 Å². The van der Waals surface area contributed by atoms with Crippen LogP contribution in [0.25, 0.3) is 0 Å². The molecule has 1 fully saturated rings. The largest absolute Gasteiger partial charge is 0.314 e. The van der Waals surface area contributed by atoms with E-state index < -0.39 is 9.84 Å². The van der Waals surface area contributed by atoms with Gasteiger partial charge >= 0.3 is 0 Å². The predicted molar refractivity (Wildman–Crippen MR) is 71.4 cm³/mol. The molecular weight excluding hydrogens is 246 g/mol. The summed E-state index contributed by atoms with van der Waals surface area (Å²) in [5, 5.41) is 3.50. The molecule has 2 aliphatic rings. The maximum absolute atomic E-state index is 12.1. The first kappa shape index (κ1) is 12.2. The number of rotatable bonds is 4. The first-order valence-electron chi connectivity index (χ1n) is 6.63. The molecule has 0 saturated heterocycles. The van der Waals surface area contributed by atoms with E-state index in [1.165, 1.54) is 12.8 Å². The van der Waals surface area contributed by atoms with Gasteiger partial charge in [-0.2, -0.15) is 0 Å². The Balaban J connectivity index is 1.81. The van der Waals surface area contributed by atoms with Crippen LogP contribution in [0.15, 0.2) is 29.2 Å². The van der Waals surface area contributed by atoms with Crippen molar-refractivity contribution < 1.29 is 8.42 Å². The molecule has 1 saturated carbocycles. The van der Waals surface area contributed by atoms with Gasteiger partial charge in [0.2, 0.25) is 0 Å². The number of fused-ring (bicyclic) bond motifs is 1. The van der Waals surface area contributed by atoms with Crippen LogP contribution in [0.1, 0.15) is 31.2 Å². The zero-order valence-corrected chi connectivity index (χ0v) is 11.4. The molecule has 3 nitrogen and oxygen atoms in total. The fourth-order valence-electron chi connectivity index (χ4n) is 2.74. The minimum Gasteiger partial charge on any atom is -0.314 e. The van der Waals surface area contributed by atoms with E-state index in [-0.39, 0.29) is 11.7 Å². The summed E-state index contributed by atoms with van der Waals surface area (Å²) in [7, 11) is -3.05. The minimum atomic E-state index is -3.05. The van der Waals surface area contributed by atoms with Crippen LogP contribution in [0, 0.1) is 5.92 Å². The normalized spacial score (nSPS) is 26.8. The first-order valence-corrected chi connectivity index (χ1v) is 8.28. The lowest BCUT2D eigenvalue weighted by molar-refractivity contribution is 0.449. The fraction of sp³-hybridized carbons (Fsp3) is 0.571. The quantitative estimate of drug-likeness (QED) is 0.905. The lowest BCUT2D eigenvalue weighted by Gasteiger charge is -2.19. The molecule has 1 N–H and O–H groups in total. The third kappa shape index (κ3) is 2.19. The lowest BCUT2D eigenvalue weighted by atomic mass is 9.89. The monoisotopic (exact) mass is 265 g/mol. The van der Waals surface area contributed by atoms with Crippen molar-refractivity contribution >= 4 is 9.84 Å². The highest BCUT2D eigenvalue weighted by Crippen LogP contribution is 2.39. The maximum atomic E-state index is 12.1. The zero-order valence-electron chi connectivity index (χ0n) is 10.6. The highest BCUT2D eigenvalue weighted by Gasteiger charge is 2.37. The number of hydrogen-bond donors (Lipinski definition) is 1. The Labute approximate surface area is 109 Å². The van der Waals surface area contributed by atoms with Crippen LogP contribution in [0.2, 0.25) is 0 Å². The maximum Gasteiger partial charge on any atom is 0.179 e. The van der Waals surface area contributed by atoms with E-state index in [0.29, 0.717) is 16.9 Å². The number of benzene rings is 1. The molecule has 1 aromatic carbocycles. The molecule has 1 aliphatic carbocycles. The summed E-state index contributed by atoms with van der Waals surface area (Å²) in [6.07, 6.45) is 2.54. The Morgan fingerprint density at radius 2 is 2.06 bits per heavy atom. The van der Waals surface area contributed by atoms with Crippen LogP contribution in [-0.4, -0.2) is 26.8 Å². The molecular formula is C14H19NO2S. The van der Waals surface area contributed by atoms with Crippen LogP contribution >= 0.6 is 0 Å². The summed E-state index contributed by atoms with van der Waals surface area (Å²) in [5.74, 6) is 0.793. The molecule has 2 atom stereocenters. The van der Waals surface area contributed by atoms with E-state index in [0.717, 1.165) is 12.1 Å². The van der Waals surface area contributed by atoms with Crippen LogP contribution in [0.3, 0.4) is 0 Å². The number of sulfone groups is 1. The molecule has 3 rings (SSSR count). The van der Waals surface area contributed by atoms with Crippen molar-refractivity contribution in [3.8, 4) is 0 Å². The van der Waals surface area contributed by atoms with Gasteiger partial charge in [-0.1, -0.05) is 25.1 Å². The lowest BCUT2D eigenvalue weighted by Crippen LogP contribution is -2.27. The number of hydrogen-bond acceptors (Lipinski definition) is 3. The smallest absolute Gasteiger partial charge is 0.179 e. The highest BCUT2D eigenvalue weighted by atomic mass is 32.2. The molecule has 0 radical (unpaired) electrons. The van der Waals surface area contributed by atoms with Gasteiger partial charge in [-0.05, 0) is 36.9 Å². The van der Waals surface area contributed by atoms with E-state index in [1.54, 1.807) is 6.07 Å². The van der Waals surface area contributed by atoms with Crippen LogP contribution < -0.4 is 5.32 Å². The van der Waals surface area contributed by atoms with Crippen molar-refractivity contribution in [2.24, 2.45) is 5.92 Å². The van der Waals surface area contributed by atoms with Gasteiger partial charge in [-0.15, -0.1) is 0 Å². The molecule has 18 heavy (non-hydrogen) atoms. The van der Waals surface area contributed by atoms with Crippen molar-refractivity contribution in [1.29, 1.82) is 0 Å². The molecule has 0 amide bonds. The second-order valence-corrected chi connectivity index (χ2v) is 7.59. The molecule has 4 heteroatoms. The Kier molecular flexibility index (Phi) is 2.94. The SMILES string of the molecule is CC(CNC1CC1)C1CS(=O)(=O)c2ccccc21. The van der Waals surface area contributed by atoms with E-state index in [4.69, 9.17) is 0 Å². The molecule has 1 aliphatic heterocycles. The van der Waals surface area contributed by atoms with Gasteiger partial charge in [0.1, 0.15) is 0 Å². The van der Waals surface area contributed by atoms with Crippen LogP contribution in [0.4, 0.5) is 0 Å². The number of nitrogens with one attached hydrogen (secondary N) is 1. The minimum absolute atomic E-state index is 0.150. The van der Waals surface area contributed by atoms with E-state index in [2.05, 4.69) is 12.2 Å². The summed E-state index contributed by atoms with van der Waals surface area (Å²) in [6.45, 7) is 3.07. The fourth-order valence-corrected chi connectivity index (χ4v) is 4.76. The van der Waals surface area contributed by atoms with Crippen LogP contribution in [-0.2, 0) is 9.84 Å². The summed E-state index contributed by atoms with van der Waals surface area (Å²) in [5.41, 5.74) is 1.02. The highest BCUT2D eigenvalue weighted by molar-refractivity contribution is 7.91. The molecule has 0 bridgehead atoms. The van der Waals surface area contributed by atoms with Crippen molar-refractivity contribution in [3.05, 3.63) is 29.8 Å². The molecule has 1 heterocycles. The first-order chi connectivity index (χ1) is 8.58. The Bertz CT molecular complexity index is 549. The Hall–Kier alpha value is -0.870. The molecule has 0 spiro atoms. The second kappa shape index (κ2) is 4.35. The van der Waals surface area contributed by atoms with Gasteiger partial charge in [0, 0.05) is 12.0 Å². The second-order valence-electron chi connectivity index (χ2n) is 5.59. The summed E-state index contributed by atoms with van der Waals surface area (Å²) in [4.78, 5) is 0.549. The van der Waals surface area contributed by atoms with Gasteiger partial charge in [-0.3, -0.25) is 0 Å². The Morgan fingerprint density at radius 3 is 2.78 bits per heavy atom. The van der Waals surface area contributed by atoms with E-state index in [9.17, 15) is 8.42 Å². The third-order valence-electron chi connectivity index (χ3n) is 4.05. The summed E-state index contributed by atoms with van der Waals surface area (Å²) < 4.78 is 24.2. The zero-order chi connectivity index (χ0) is 12.8. The molecule has 2 unspecified atom stereocenters. The average Bonchev–Trinajstić information content (AvgIpc) is 3.13.